The van der Waals surface area contributed by atoms with Gasteiger partial charge in [0.25, 0.3) is 5.91 Å². The molecule has 2 aromatic heterocycles. The SMILES string of the molecule is CN(Cc1ccoc1)C(=O)c1n[nH]c2ccccc12. The molecule has 0 fully saturated rings. The van der Waals surface area contributed by atoms with Crippen molar-refractivity contribution in [2.75, 3.05) is 7.05 Å². The molecule has 0 saturated heterocycles. The standard InChI is InChI=1S/C14H13N3O2/c1-17(8-10-6-7-19-9-10)14(18)13-11-4-2-3-5-12(11)15-16-13/h2-7,9H,8H2,1H3,(H,15,16). The van der Waals surface area contributed by atoms with Gasteiger partial charge in [-0.2, -0.15) is 5.10 Å². The molecule has 5 nitrogen and oxygen atoms in total. The average Bonchev–Trinajstić information content (AvgIpc) is 3.06. The van der Waals surface area contributed by atoms with E-state index in [-0.39, 0.29) is 5.91 Å². The van der Waals surface area contributed by atoms with Gasteiger partial charge in [-0.15, -0.1) is 0 Å². The molecule has 1 N–H and O–H groups in total. The molecule has 0 aliphatic heterocycles. The van der Waals surface area contributed by atoms with E-state index in [2.05, 4.69) is 10.2 Å². The van der Waals surface area contributed by atoms with Crippen LogP contribution < -0.4 is 0 Å². The molecule has 0 saturated carbocycles. The molecule has 5 heteroatoms. The number of carbonyl (C=O) groups excluding carboxylic acids is 1. The van der Waals surface area contributed by atoms with E-state index < -0.39 is 0 Å². The van der Waals surface area contributed by atoms with Crippen LogP contribution in [0.25, 0.3) is 10.9 Å². The molecule has 0 unspecified atom stereocenters. The second kappa shape index (κ2) is 4.61. The highest BCUT2D eigenvalue weighted by Crippen LogP contribution is 2.17. The predicted octanol–water partition coefficient (Wildman–Crippen LogP) is 2.43. The minimum Gasteiger partial charge on any atom is -0.472 e. The summed E-state index contributed by atoms with van der Waals surface area (Å²) in [5.74, 6) is -0.112. The lowest BCUT2D eigenvalue weighted by molar-refractivity contribution is 0.0781. The van der Waals surface area contributed by atoms with Crippen LogP contribution in [0, 0.1) is 0 Å². The first kappa shape index (κ1) is 11.5. The molecule has 96 valence electrons. The number of H-pyrrole nitrogens is 1. The summed E-state index contributed by atoms with van der Waals surface area (Å²) in [6.07, 6.45) is 3.23. The Hall–Kier alpha value is -2.56. The topological polar surface area (TPSA) is 62.1 Å². The summed E-state index contributed by atoms with van der Waals surface area (Å²) in [6, 6.07) is 9.42. The number of furan rings is 1. The molecule has 3 aromatic rings. The summed E-state index contributed by atoms with van der Waals surface area (Å²) < 4.78 is 5.00. The summed E-state index contributed by atoms with van der Waals surface area (Å²) in [6.45, 7) is 0.497. The van der Waals surface area contributed by atoms with E-state index in [1.165, 1.54) is 0 Å². The molecular formula is C14H13N3O2. The molecule has 1 aromatic carbocycles. The summed E-state index contributed by atoms with van der Waals surface area (Å²) in [4.78, 5) is 14.0. The average molecular weight is 255 g/mol. The Kier molecular flexibility index (Phi) is 2.79. The highest BCUT2D eigenvalue weighted by atomic mass is 16.3. The van der Waals surface area contributed by atoms with E-state index in [4.69, 9.17) is 4.42 Å². The third-order valence-corrected chi connectivity index (χ3v) is 3.02. The zero-order valence-corrected chi connectivity index (χ0v) is 10.5. The second-order valence-electron chi connectivity index (χ2n) is 4.41. The number of aromatic nitrogens is 2. The second-order valence-corrected chi connectivity index (χ2v) is 4.41. The lowest BCUT2D eigenvalue weighted by Crippen LogP contribution is -2.26. The third kappa shape index (κ3) is 2.10. The maximum absolute atomic E-state index is 12.4. The van der Waals surface area contributed by atoms with Crippen LogP contribution in [0.4, 0.5) is 0 Å². The molecule has 0 spiro atoms. The minimum atomic E-state index is -0.112. The van der Waals surface area contributed by atoms with Crippen LogP contribution in [-0.4, -0.2) is 28.1 Å². The molecule has 0 aliphatic rings. The normalized spacial score (nSPS) is 10.8. The first-order valence-corrected chi connectivity index (χ1v) is 5.95. The van der Waals surface area contributed by atoms with Crippen molar-refractivity contribution in [2.45, 2.75) is 6.54 Å². The number of para-hydroxylation sites is 1. The van der Waals surface area contributed by atoms with E-state index in [1.807, 2.05) is 30.3 Å². The highest BCUT2D eigenvalue weighted by molar-refractivity contribution is 6.04. The Balaban J connectivity index is 1.87. The van der Waals surface area contributed by atoms with Crippen LogP contribution in [0.5, 0.6) is 0 Å². The molecular weight excluding hydrogens is 242 g/mol. The highest BCUT2D eigenvalue weighted by Gasteiger charge is 2.18. The molecule has 0 radical (unpaired) electrons. The summed E-state index contributed by atoms with van der Waals surface area (Å²) in [7, 11) is 1.75. The lowest BCUT2D eigenvalue weighted by atomic mass is 10.2. The largest absolute Gasteiger partial charge is 0.472 e. The van der Waals surface area contributed by atoms with Gasteiger partial charge in [-0.05, 0) is 12.1 Å². The molecule has 3 rings (SSSR count). The number of rotatable bonds is 3. The van der Waals surface area contributed by atoms with Crippen molar-refractivity contribution < 1.29 is 9.21 Å². The van der Waals surface area contributed by atoms with Crippen LogP contribution in [0.15, 0.2) is 47.3 Å². The molecule has 0 atom stereocenters. The van der Waals surface area contributed by atoms with E-state index in [0.717, 1.165) is 16.5 Å². The Morgan fingerprint density at radius 1 is 1.37 bits per heavy atom. The van der Waals surface area contributed by atoms with Gasteiger partial charge in [0.1, 0.15) is 0 Å². The van der Waals surface area contributed by atoms with Gasteiger partial charge < -0.3 is 9.32 Å². The number of amides is 1. The Labute approximate surface area is 109 Å². The number of aromatic amines is 1. The molecule has 19 heavy (non-hydrogen) atoms. The summed E-state index contributed by atoms with van der Waals surface area (Å²) >= 11 is 0. The van der Waals surface area contributed by atoms with Gasteiger partial charge >= 0.3 is 0 Å². The fourth-order valence-electron chi connectivity index (χ4n) is 2.04. The summed E-state index contributed by atoms with van der Waals surface area (Å²) in [5, 5.41) is 7.81. The summed E-state index contributed by atoms with van der Waals surface area (Å²) in [5.41, 5.74) is 2.26. The van der Waals surface area contributed by atoms with Gasteiger partial charge in [-0.3, -0.25) is 9.89 Å². The first-order valence-electron chi connectivity index (χ1n) is 5.95. The van der Waals surface area contributed by atoms with Crippen LogP contribution in [-0.2, 0) is 6.54 Å². The third-order valence-electron chi connectivity index (χ3n) is 3.02. The molecule has 2 heterocycles. The Morgan fingerprint density at radius 3 is 3.00 bits per heavy atom. The van der Waals surface area contributed by atoms with Crippen LogP contribution >= 0.6 is 0 Å². The fourth-order valence-corrected chi connectivity index (χ4v) is 2.04. The van der Waals surface area contributed by atoms with Crippen molar-refractivity contribution in [2.24, 2.45) is 0 Å². The first-order chi connectivity index (χ1) is 9.25. The van der Waals surface area contributed by atoms with Gasteiger partial charge in [0, 0.05) is 24.5 Å². The number of nitrogens with zero attached hydrogens (tertiary/aromatic N) is 2. The molecule has 0 bridgehead atoms. The predicted molar refractivity (Wildman–Crippen MR) is 70.6 cm³/mol. The van der Waals surface area contributed by atoms with E-state index >= 15 is 0 Å². The Bertz CT molecular complexity index is 700. The van der Waals surface area contributed by atoms with E-state index in [9.17, 15) is 4.79 Å². The van der Waals surface area contributed by atoms with Gasteiger partial charge in [0.05, 0.1) is 18.0 Å². The van der Waals surface area contributed by atoms with Crippen LogP contribution in [0.3, 0.4) is 0 Å². The zero-order valence-electron chi connectivity index (χ0n) is 10.5. The van der Waals surface area contributed by atoms with E-state index in [1.54, 1.807) is 24.5 Å². The monoisotopic (exact) mass is 255 g/mol. The van der Waals surface area contributed by atoms with Gasteiger partial charge in [0.2, 0.25) is 0 Å². The maximum Gasteiger partial charge on any atom is 0.275 e. The fraction of sp³-hybridized carbons (Fsp3) is 0.143. The van der Waals surface area contributed by atoms with E-state index in [0.29, 0.717) is 12.2 Å². The lowest BCUT2D eigenvalue weighted by Gasteiger charge is -2.14. The molecule has 0 aliphatic carbocycles. The van der Waals surface area contributed by atoms with Crippen LogP contribution in [0.2, 0.25) is 0 Å². The number of carbonyl (C=O) groups is 1. The number of hydrogen-bond donors (Lipinski definition) is 1. The van der Waals surface area contributed by atoms with Crippen molar-refractivity contribution in [3.8, 4) is 0 Å². The number of fused-ring (bicyclic) bond motifs is 1. The van der Waals surface area contributed by atoms with Crippen LogP contribution in [0.1, 0.15) is 16.1 Å². The smallest absolute Gasteiger partial charge is 0.275 e. The number of hydrogen-bond acceptors (Lipinski definition) is 3. The van der Waals surface area contributed by atoms with Gasteiger partial charge in [-0.25, -0.2) is 0 Å². The van der Waals surface area contributed by atoms with Crippen molar-refractivity contribution in [3.63, 3.8) is 0 Å². The minimum absolute atomic E-state index is 0.112. The maximum atomic E-state index is 12.4. The van der Waals surface area contributed by atoms with Gasteiger partial charge in [-0.1, -0.05) is 18.2 Å². The van der Waals surface area contributed by atoms with Crippen molar-refractivity contribution >= 4 is 16.8 Å². The van der Waals surface area contributed by atoms with Gasteiger partial charge in [0.15, 0.2) is 5.69 Å². The number of nitrogens with one attached hydrogen (secondary N) is 1. The quantitative estimate of drug-likeness (QED) is 0.781. The number of benzene rings is 1. The van der Waals surface area contributed by atoms with Crippen molar-refractivity contribution in [3.05, 3.63) is 54.1 Å². The van der Waals surface area contributed by atoms with Crippen molar-refractivity contribution in [1.82, 2.24) is 15.1 Å². The zero-order chi connectivity index (χ0) is 13.2. The van der Waals surface area contributed by atoms with Crippen molar-refractivity contribution in [1.29, 1.82) is 0 Å². The Morgan fingerprint density at radius 2 is 2.21 bits per heavy atom. The molecule has 1 amide bonds.